The number of methoxy groups -OCH3 is 1. The number of carbonyl (C=O) groups is 2. The summed E-state index contributed by atoms with van der Waals surface area (Å²) in [7, 11) is 1.53. The van der Waals surface area contributed by atoms with Gasteiger partial charge in [-0.05, 0) is 73.2 Å². The first kappa shape index (κ1) is 31.4. The van der Waals surface area contributed by atoms with Crippen LogP contribution in [0.15, 0.2) is 78.0 Å². The fourth-order valence-electron chi connectivity index (χ4n) is 3.89. The van der Waals surface area contributed by atoms with Gasteiger partial charge in [0.15, 0.2) is 11.0 Å². The van der Waals surface area contributed by atoms with Crippen molar-refractivity contribution < 1.29 is 32.2 Å². The highest BCUT2D eigenvalue weighted by Gasteiger charge is 2.31. The van der Waals surface area contributed by atoms with Crippen LogP contribution < -0.4 is 20.1 Å². The molecular weight excluding hydrogens is 583 g/mol. The first-order valence-corrected chi connectivity index (χ1v) is 14.4. The lowest BCUT2D eigenvalue weighted by molar-refractivity contribution is -0.137. The van der Waals surface area contributed by atoms with E-state index in [0.29, 0.717) is 29.4 Å². The van der Waals surface area contributed by atoms with Crippen LogP contribution in [0.25, 0.3) is 5.69 Å². The van der Waals surface area contributed by atoms with Gasteiger partial charge in [-0.25, -0.2) is 0 Å². The van der Waals surface area contributed by atoms with Crippen LogP contribution in [0.3, 0.4) is 0 Å². The molecule has 0 aliphatic rings. The maximum Gasteiger partial charge on any atom is 0.416 e. The topological polar surface area (TPSA) is 107 Å². The highest BCUT2D eigenvalue weighted by atomic mass is 32.2. The summed E-state index contributed by atoms with van der Waals surface area (Å²) in [6.45, 7) is 2.51. The Morgan fingerprint density at radius 2 is 1.70 bits per heavy atom. The van der Waals surface area contributed by atoms with E-state index in [-0.39, 0.29) is 34.9 Å². The van der Waals surface area contributed by atoms with Gasteiger partial charge in [0.2, 0.25) is 5.91 Å². The van der Waals surface area contributed by atoms with Crippen molar-refractivity contribution >= 4 is 29.3 Å². The van der Waals surface area contributed by atoms with Gasteiger partial charge in [0.05, 0.1) is 37.3 Å². The fraction of sp³-hybridized carbons (Fsp3) is 0.267. The molecular formula is C30H30F3N5O4S. The van der Waals surface area contributed by atoms with Crippen LogP contribution in [0.1, 0.15) is 41.5 Å². The molecule has 9 nitrogen and oxygen atoms in total. The average Bonchev–Trinajstić information content (AvgIpc) is 3.42. The summed E-state index contributed by atoms with van der Waals surface area (Å²) in [6.07, 6.45) is -2.65. The summed E-state index contributed by atoms with van der Waals surface area (Å²) < 4.78 is 52.6. The summed E-state index contributed by atoms with van der Waals surface area (Å²) in [5.41, 5.74) is 0.200. The molecule has 0 saturated heterocycles. The number of carbonyl (C=O) groups excluding carboxylic acids is 2. The smallest absolute Gasteiger partial charge is 0.416 e. The minimum atomic E-state index is -4.57. The number of hydrogen-bond donors (Lipinski definition) is 2. The number of rotatable bonds is 13. The number of halogens is 3. The third-order valence-electron chi connectivity index (χ3n) is 6.13. The largest absolute Gasteiger partial charge is 0.497 e. The van der Waals surface area contributed by atoms with E-state index < -0.39 is 17.6 Å². The Bertz CT molecular complexity index is 1530. The van der Waals surface area contributed by atoms with Gasteiger partial charge in [-0.15, -0.1) is 10.2 Å². The van der Waals surface area contributed by atoms with Gasteiger partial charge in [0.25, 0.3) is 5.91 Å². The predicted octanol–water partition coefficient (Wildman–Crippen LogP) is 6.13. The average molecular weight is 614 g/mol. The molecule has 0 fully saturated rings. The summed E-state index contributed by atoms with van der Waals surface area (Å²) >= 11 is 0.996. The van der Waals surface area contributed by atoms with Gasteiger partial charge >= 0.3 is 6.18 Å². The van der Waals surface area contributed by atoms with Crippen molar-refractivity contribution in [3.8, 4) is 17.2 Å². The molecule has 43 heavy (non-hydrogen) atoms. The molecule has 0 aliphatic carbocycles. The zero-order chi connectivity index (χ0) is 30.8. The number of benzene rings is 3. The van der Waals surface area contributed by atoms with Gasteiger partial charge < -0.3 is 20.1 Å². The molecule has 4 rings (SSSR count). The number of anilines is 1. The summed E-state index contributed by atoms with van der Waals surface area (Å²) in [5, 5.41) is 13.9. The van der Waals surface area contributed by atoms with E-state index in [9.17, 15) is 22.8 Å². The van der Waals surface area contributed by atoms with E-state index in [4.69, 9.17) is 9.47 Å². The minimum absolute atomic E-state index is 0.0951. The molecule has 0 bridgehead atoms. The second-order valence-electron chi connectivity index (χ2n) is 9.26. The number of aromatic nitrogens is 3. The first-order valence-electron chi connectivity index (χ1n) is 13.4. The van der Waals surface area contributed by atoms with E-state index in [0.717, 1.165) is 36.7 Å². The monoisotopic (exact) mass is 613 g/mol. The quantitative estimate of drug-likeness (QED) is 0.138. The Hall–Kier alpha value is -4.52. The molecule has 0 radical (unpaired) electrons. The highest BCUT2D eigenvalue weighted by Crippen LogP contribution is 2.32. The van der Waals surface area contributed by atoms with E-state index >= 15 is 0 Å². The van der Waals surface area contributed by atoms with Crippen molar-refractivity contribution in [2.45, 2.75) is 37.6 Å². The van der Waals surface area contributed by atoms with Crippen molar-refractivity contribution in [1.29, 1.82) is 0 Å². The Morgan fingerprint density at radius 3 is 2.37 bits per heavy atom. The van der Waals surface area contributed by atoms with Crippen LogP contribution in [0.5, 0.6) is 11.5 Å². The molecule has 3 aromatic carbocycles. The summed E-state index contributed by atoms with van der Waals surface area (Å²) in [6, 6.07) is 18.1. The molecule has 0 aliphatic heterocycles. The van der Waals surface area contributed by atoms with Gasteiger partial charge in [-0.2, -0.15) is 13.2 Å². The van der Waals surface area contributed by atoms with E-state index in [1.165, 1.54) is 23.8 Å². The van der Waals surface area contributed by atoms with Gasteiger partial charge in [-0.3, -0.25) is 14.2 Å². The second kappa shape index (κ2) is 14.6. The lowest BCUT2D eigenvalue weighted by Crippen LogP contribution is -2.24. The number of alkyl halides is 3. The number of thioether (sulfide) groups is 1. The van der Waals surface area contributed by atoms with Crippen LogP contribution >= 0.6 is 11.8 Å². The van der Waals surface area contributed by atoms with Gasteiger partial charge in [0.1, 0.15) is 11.5 Å². The third kappa shape index (κ3) is 8.74. The maximum absolute atomic E-state index is 13.5. The van der Waals surface area contributed by atoms with Crippen LogP contribution in [0, 0.1) is 0 Å². The molecule has 1 heterocycles. The molecule has 2 N–H and O–H groups in total. The molecule has 2 amide bonds. The Morgan fingerprint density at radius 1 is 0.977 bits per heavy atom. The van der Waals surface area contributed by atoms with Crippen molar-refractivity contribution in [2.75, 3.05) is 24.8 Å². The van der Waals surface area contributed by atoms with Crippen LogP contribution in [-0.4, -0.2) is 46.0 Å². The SMILES string of the molecule is CCCCOc1ccc(C(=O)NCc2nnc(SCC(=O)Nc3ccc(OC)cc3)n2-c2cccc(C(F)(F)F)c2)cc1. The lowest BCUT2D eigenvalue weighted by Gasteiger charge is -2.14. The molecule has 0 spiro atoms. The summed E-state index contributed by atoms with van der Waals surface area (Å²) in [5.74, 6) is 0.603. The zero-order valence-corrected chi connectivity index (χ0v) is 24.3. The molecule has 4 aromatic rings. The van der Waals surface area contributed by atoms with Crippen molar-refractivity contribution in [3.63, 3.8) is 0 Å². The fourth-order valence-corrected chi connectivity index (χ4v) is 4.66. The maximum atomic E-state index is 13.5. The standard InChI is InChI=1S/C30H30F3N5O4S/c1-3-4-16-42-25-12-8-20(9-13-25)28(40)34-18-26-36-37-29(38(26)23-7-5-6-21(17-23)30(31,32)33)43-19-27(39)35-22-10-14-24(41-2)15-11-22/h5-15,17H,3-4,16,18-19H2,1-2H3,(H,34,40)(H,35,39). The van der Waals surface area contributed by atoms with Crippen molar-refractivity contribution in [2.24, 2.45) is 0 Å². The third-order valence-corrected chi connectivity index (χ3v) is 7.06. The normalized spacial score (nSPS) is 11.2. The Balaban J connectivity index is 1.50. The molecule has 0 saturated carbocycles. The lowest BCUT2D eigenvalue weighted by atomic mass is 10.2. The minimum Gasteiger partial charge on any atom is -0.497 e. The number of unbranched alkanes of at least 4 members (excludes halogenated alkanes) is 1. The predicted molar refractivity (Wildman–Crippen MR) is 157 cm³/mol. The van der Waals surface area contributed by atoms with Gasteiger partial charge in [-0.1, -0.05) is 31.2 Å². The number of nitrogens with one attached hydrogen (secondary N) is 2. The first-order chi connectivity index (χ1) is 20.7. The number of ether oxygens (including phenoxy) is 2. The zero-order valence-electron chi connectivity index (χ0n) is 23.5. The van der Waals surface area contributed by atoms with E-state index in [1.807, 2.05) is 0 Å². The van der Waals surface area contributed by atoms with Crippen LogP contribution in [0.2, 0.25) is 0 Å². The second-order valence-corrected chi connectivity index (χ2v) is 10.2. The van der Waals surface area contributed by atoms with Crippen LogP contribution in [-0.2, 0) is 17.5 Å². The molecule has 226 valence electrons. The molecule has 0 atom stereocenters. The number of nitrogens with zero attached hydrogens (tertiary/aromatic N) is 3. The molecule has 0 unspecified atom stereocenters. The van der Waals surface area contributed by atoms with E-state index in [2.05, 4.69) is 27.8 Å². The number of hydrogen-bond acceptors (Lipinski definition) is 7. The van der Waals surface area contributed by atoms with Crippen LogP contribution in [0.4, 0.5) is 18.9 Å². The number of amides is 2. The van der Waals surface area contributed by atoms with Crippen molar-refractivity contribution in [1.82, 2.24) is 20.1 Å². The molecule has 13 heteroatoms. The van der Waals surface area contributed by atoms with Crippen molar-refractivity contribution in [3.05, 3.63) is 89.7 Å². The van der Waals surface area contributed by atoms with E-state index in [1.54, 1.807) is 48.5 Å². The van der Waals surface area contributed by atoms with Gasteiger partial charge in [0, 0.05) is 11.3 Å². The summed E-state index contributed by atoms with van der Waals surface area (Å²) in [4.78, 5) is 25.4. The highest BCUT2D eigenvalue weighted by molar-refractivity contribution is 7.99. The Kier molecular flexibility index (Phi) is 10.7. The Labute approximate surface area is 250 Å². The molecule has 1 aromatic heterocycles.